The van der Waals surface area contributed by atoms with Crippen LogP contribution >= 0.6 is 23.2 Å². The molecule has 4 rings (SSSR count). The van der Waals surface area contributed by atoms with Crippen molar-refractivity contribution >= 4 is 56.9 Å². The van der Waals surface area contributed by atoms with Gasteiger partial charge in [-0.1, -0.05) is 41.4 Å². The second-order valence-electron chi connectivity index (χ2n) is 8.57. The van der Waals surface area contributed by atoms with Gasteiger partial charge in [-0.3, -0.25) is 0 Å². The van der Waals surface area contributed by atoms with Crippen molar-refractivity contribution in [2.45, 2.75) is 25.0 Å². The van der Waals surface area contributed by atoms with Gasteiger partial charge in [0.15, 0.2) is 0 Å². The van der Waals surface area contributed by atoms with E-state index in [9.17, 15) is 17.1 Å². The third kappa shape index (κ3) is 7.08. The molecule has 4 aromatic rings. The Kier molecular flexibility index (Phi) is 8.62. The van der Waals surface area contributed by atoms with Crippen LogP contribution in [0.1, 0.15) is 16.8 Å². The molecular weight excluding hydrogens is 582 g/mol. The number of aromatic nitrogens is 2. The van der Waals surface area contributed by atoms with Gasteiger partial charge in [0.25, 0.3) is 0 Å². The largest absolute Gasteiger partial charge is 0.487 e. The minimum Gasteiger partial charge on any atom is -0.487 e. The van der Waals surface area contributed by atoms with Gasteiger partial charge < -0.3 is 26.8 Å². The van der Waals surface area contributed by atoms with Crippen LogP contribution in [0.15, 0.2) is 65.6 Å². The number of hydrogen-bond acceptors (Lipinski definition) is 8. The second-order valence-corrected chi connectivity index (χ2v) is 10.7. The van der Waals surface area contributed by atoms with Gasteiger partial charge in [0.2, 0.25) is 5.95 Å². The number of nitrogens with zero attached hydrogens (tertiary/aromatic N) is 2. The van der Waals surface area contributed by atoms with Crippen molar-refractivity contribution in [2.24, 2.45) is 0 Å². The van der Waals surface area contributed by atoms with Crippen molar-refractivity contribution in [3.8, 4) is 16.9 Å². The molecule has 0 fully saturated rings. The van der Waals surface area contributed by atoms with Crippen LogP contribution in [0.2, 0.25) is 10.0 Å². The zero-order valence-corrected chi connectivity index (χ0v) is 23.2. The fraction of sp³-hybridized carbons (Fsp3) is 0.115. The van der Waals surface area contributed by atoms with E-state index in [1.54, 1.807) is 36.4 Å². The number of urea groups is 1. The maximum absolute atomic E-state index is 13.2. The molecule has 208 valence electrons. The highest BCUT2D eigenvalue weighted by Gasteiger charge is 2.16. The molecule has 3 aromatic carbocycles. The Morgan fingerprint density at radius 1 is 1.02 bits per heavy atom. The van der Waals surface area contributed by atoms with E-state index in [1.165, 1.54) is 12.1 Å². The van der Waals surface area contributed by atoms with Crippen LogP contribution in [-0.2, 0) is 23.4 Å². The molecule has 0 bridgehead atoms. The van der Waals surface area contributed by atoms with E-state index in [0.717, 1.165) is 23.3 Å². The Balaban J connectivity index is 1.42. The number of amides is 2. The molecule has 0 radical (unpaired) electrons. The number of carbonyl (C=O) groups excluding carboxylic acids is 1. The lowest BCUT2D eigenvalue weighted by molar-refractivity contribution is 0.251. The van der Waals surface area contributed by atoms with Crippen molar-refractivity contribution in [3.63, 3.8) is 0 Å². The third-order valence-corrected chi connectivity index (χ3v) is 7.30. The number of ether oxygens (including phenoxy) is 1. The SMILES string of the molecule is Cc1cc(OCc2nc(N)nc(N)c2-c2ccc(Cl)c(Cl)c2)ccc1CNC(=O)Nc1cccc(S(=O)(=O)F)c1. The molecule has 1 aromatic heterocycles. The number of benzene rings is 3. The van der Waals surface area contributed by atoms with Crippen molar-refractivity contribution in [2.75, 3.05) is 16.8 Å². The zero-order valence-electron chi connectivity index (χ0n) is 20.9. The van der Waals surface area contributed by atoms with Gasteiger partial charge in [0, 0.05) is 17.8 Å². The molecule has 0 aliphatic heterocycles. The monoisotopic (exact) mass is 604 g/mol. The van der Waals surface area contributed by atoms with Crippen LogP contribution in [0.4, 0.5) is 26.1 Å². The minimum absolute atomic E-state index is 0.00571. The molecule has 0 spiro atoms. The molecule has 0 saturated carbocycles. The van der Waals surface area contributed by atoms with Crippen molar-refractivity contribution in [1.29, 1.82) is 0 Å². The second kappa shape index (κ2) is 11.9. The van der Waals surface area contributed by atoms with Gasteiger partial charge >= 0.3 is 16.3 Å². The van der Waals surface area contributed by atoms with E-state index in [0.29, 0.717) is 32.6 Å². The van der Waals surface area contributed by atoms with Gasteiger partial charge in [-0.15, -0.1) is 3.89 Å². The molecule has 10 nitrogen and oxygen atoms in total. The van der Waals surface area contributed by atoms with E-state index in [1.807, 2.05) is 6.92 Å². The Hall–Kier alpha value is -4.13. The number of hydrogen-bond donors (Lipinski definition) is 4. The van der Waals surface area contributed by atoms with Crippen LogP contribution in [0.3, 0.4) is 0 Å². The molecular formula is C26H23Cl2FN6O4S. The van der Waals surface area contributed by atoms with Crippen LogP contribution in [0.25, 0.3) is 11.1 Å². The molecule has 0 aliphatic rings. The summed E-state index contributed by atoms with van der Waals surface area (Å²) in [7, 11) is -4.89. The minimum atomic E-state index is -4.89. The molecule has 0 saturated heterocycles. The summed E-state index contributed by atoms with van der Waals surface area (Å²) in [5.41, 5.74) is 15.3. The molecule has 0 aliphatic carbocycles. The first-order valence-corrected chi connectivity index (χ1v) is 13.7. The lowest BCUT2D eigenvalue weighted by Gasteiger charge is -2.15. The Labute approximate surface area is 239 Å². The quantitative estimate of drug-likeness (QED) is 0.192. The highest BCUT2D eigenvalue weighted by Crippen LogP contribution is 2.33. The lowest BCUT2D eigenvalue weighted by atomic mass is 10.0. The summed E-state index contributed by atoms with van der Waals surface area (Å²) in [4.78, 5) is 20.1. The molecule has 14 heteroatoms. The van der Waals surface area contributed by atoms with E-state index in [-0.39, 0.29) is 30.6 Å². The Bertz CT molecular complexity index is 1710. The van der Waals surface area contributed by atoms with Gasteiger partial charge in [0.1, 0.15) is 23.1 Å². The highest BCUT2D eigenvalue weighted by atomic mass is 35.5. The average molecular weight is 605 g/mol. The van der Waals surface area contributed by atoms with Crippen molar-refractivity contribution in [3.05, 3.63) is 87.5 Å². The number of halogens is 3. The fourth-order valence-corrected chi connectivity index (χ4v) is 4.61. The first-order valence-electron chi connectivity index (χ1n) is 11.6. The standard InChI is InChI=1S/C26H23Cl2FN6O4S/c1-14-9-18(7-5-16(14)12-32-26(36)33-17-3-2-4-19(11-17)40(29,37)38)39-13-22-23(24(30)35-25(31)34-22)15-6-8-20(27)21(28)10-15/h2-11H,12-13H2,1H3,(H2,32,33,36)(H4,30,31,34,35). The summed E-state index contributed by atoms with van der Waals surface area (Å²) in [5.74, 6) is 0.693. The summed E-state index contributed by atoms with van der Waals surface area (Å²) >= 11 is 12.2. The van der Waals surface area contributed by atoms with E-state index in [2.05, 4.69) is 20.6 Å². The molecule has 0 atom stereocenters. The van der Waals surface area contributed by atoms with Crippen LogP contribution < -0.4 is 26.8 Å². The van der Waals surface area contributed by atoms with Crippen molar-refractivity contribution in [1.82, 2.24) is 15.3 Å². The highest BCUT2D eigenvalue weighted by molar-refractivity contribution is 7.86. The normalized spacial score (nSPS) is 11.2. The summed E-state index contributed by atoms with van der Waals surface area (Å²) in [6, 6.07) is 14.6. The molecule has 2 amide bonds. The van der Waals surface area contributed by atoms with E-state index < -0.39 is 21.1 Å². The summed E-state index contributed by atoms with van der Waals surface area (Å²) in [5, 5.41) is 5.88. The topological polar surface area (TPSA) is 162 Å². The summed E-state index contributed by atoms with van der Waals surface area (Å²) < 4.78 is 41.3. The predicted octanol–water partition coefficient (Wildman–Crippen LogP) is 5.48. The molecule has 40 heavy (non-hydrogen) atoms. The first kappa shape index (κ1) is 28.9. The number of aryl methyl sites for hydroxylation is 1. The number of nitrogens with two attached hydrogens (primary N) is 2. The van der Waals surface area contributed by atoms with Crippen molar-refractivity contribution < 1.29 is 21.8 Å². The smallest absolute Gasteiger partial charge is 0.332 e. The van der Waals surface area contributed by atoms with Gasteiger partial charge in [-0.05, 0) is 66.1 Å². The molecule has 0 unspecified atom stereocenters. The fourth-order valence-electron chi connectivity index (χ4n) is 3.80. The van der Waals surface area contributed by atoms with Crippen LogP contribution in [-0.4, -0.2) is 24.4 Å². The van der Waals surface area contributed by atoms with Gasteiger partial charge in [-0.2, -0.15) is 13.4 Å². The predicted molar refractivity (Wildman–Crippen MR) is 152 cm³/mol. The summed E-state index contributed by atoms with van der Waals surface area (Å²) in [6.45, 7) is 2.04. The molecule has 6 N–H and O–H groups in total. The summed E-state index contributed by atoms with van der Waals surface area (Å²) in [6.07, 6.45) is 0. The van der Waals surface area contributed by atoms with Gasteiger partial charge in [-0.25, -0.2) is 9.78 Å². The van der Waals surface area contributed by atoms with Crippen LogP contribution in [0, 0.1) is 6.92 Å². The van der Waals surface area contributed by atoms with E-state index >= 15 is 0 Å². The third-order valence-electron chi connectivity index (χ3n) is 5.74. The number of nitrogen functional groups attached to an aromatic ring is 2. The number of anilines is 3. The number of nitrogens with one attached hydrogen (secondary N) is 2. The lowest BCUT2D eigenvalue weighted by Crippen LogP contribution is -2.28. The van der Waals surface area contributed by atoms with E-state index in [4.69, 9.17) is 39.4 Å². The zero-order chi connectivity index (χ0) is 29.0. The number of rotatable bonds is 8. The van der Waals surface area contributed by atoms with Crippen LogP contribution in [0.5, 0.6) is 5.75 Å². The van der Waals surface area contributed by atoms with Gasteiger partial charge in [0.05, 0.1) is 15.7 Å². The molecule has 1 heterocycles. The average Bonchev–Trinajstić information content (AvgIpc) is 2.88. The Morgan fingerprint density at radius 3 is 2.50 bits per heavy atom. The first-order chi connectivity index (χ1) is 18.9. The maximum atomic E-state index is 13.2. The maximum Gasteiger partial charge on any atom is 0.332 e. The Morgan fingerprint density at radius 2 is 1.80 bits per heavy atom. The number of carbonyl (C=O) groups is 1.